The fraction of sp³-hybridized carbons (Fsp3) is 0.412. The molecule has 3 aromatic rings. The van der Waals surface area contributed by atoms with Crippen molar-refractivity contribution >= 4 is 11.9 Å². The average molecular weight is 568 g/mol. The smallest absolute Gasteiger partial charge is 0.425 e. The summed E-state index contributed by atoms with van der Waals surface area (Å²) in [6.07, 6.45) is 2.81. The molecule has 0 aliphatic rings. The first kappa shape index (κ1) is 31.9. The van der Waals surface area contributed by atoms with Crippen LogP contribution in [0.3, 0.4) is 0 Å². The Morgan fingerprint density at radius 1 is 0.732 bits per heavy atom. The van der Waals surface area contributed by atoms with Gasteiger partial charge in [0, 0.05) is 0 Å². The van der Waals surface area contributed by atoms with E-state index in [2.05, 4.69) is 19.1 Å². The molecule has 7 heteroatoms. The van der Waals surface area contributed by atoms with Gasteiger partial charge in [0.1, 0.15) is 0 Å². The molecule has 0 bridgehead atoms. The van der Waals surface area contributed by atoms with E-state index in [-0.39, 0.29) is 24.0 Å². The number of carboxylic acids is 1. The van der Waals surface area contributed by atoms with Gasteiger partial charge in [-0.2, -0.15) is 13.2 Å². The van der Waals surface area contributed by atoms with Crippen molar-refractivity contribution in [3.05, 3.63) is 83.4 Å². The van der Waals surface area contributed by atoms with Crippen LogP contribution >= 0.6 is 0 Å². The van der Waals surface area contributed by atoms with E-state index in [0.29, 0.717) is 11.1 Å². The number of unbranched alkanes of at least 4 members (excludes halogenated alkanes) is 6. The van der Waals surface area contributed by atoms with Crippen LogP contribution in [0.15, 0.2) is 66.7 Å². The molecule has 0 aliphatic carbocycles. The van der Waals surface area contributed by atoms with E-state index in [9.17, 15) is 27.9 Å². The van der Waals surface area contributed by atoms with Crippen LogP contribution in [0.2, 0.25) is 0 Å². The van der Waals surface area contributed by atoms with E-state index < -0.39 is 24.2 Å². The number of esters is 1. The summed E-state index contributed by atoms with van der Waals surface area (Å²) in [7, 11) is 0. The van der Waals surface area contributed by atoms with Crippen LogP contribution in [-0.4, -0.2) is 24.2 Å². The van der Waals surface area contributed by atoms with Crippen LogP contribution in [0.25, 0.3) is 22.3 Å². The minimum absolute atomic E-state index is 0.00428. The van der Waals surface area contributed by atoms with Gasteiger partial charge in [-0.25, -0.2) is 4.79 Å². The van der Waals surface area contributed by atoms with E-state index in [1.165, 1.54) is 68.4 Å². The Labute approximate surface area is 240 Å². The summed E-state index contributed by atoms with van der Waals surface area (Å²) < 4.78 is 44.4. The normalized spacial score (nSPS) is 12.2. The van der Waals surface area contributed by atoms with Crippen LogP contribution in [-0.2, 0) is 11.2 Å². The zero-order valence-electron chi connectivity index (χ0n) is 23.8. The van der Waals surface area contributed by atoms with Crippen LogP contribution in [0.4, 0.5) is 13.2 Å². The van der Waals surface area contributed by atoms with Gasteiger partial charge in [-0.15, -0.1) is 0 Å². The number of carboxylic acid groups (broad SMARTS) is 1. The van der Waals surface area contributed by atoms with Crippen molar-refractivity contribution in [1.29, 1.82) is 0 Å². The van der Waals surface area contributed by atoms with E-state index in [0.717, 1.165) is 24.0 Å². The molecule has 0 saturated carbocycles. The predicted molar refractivity (Wildman–Crippen MR) is 154 cm³/mol. The second-order valence-corrected chi connectivity index (χ2v) is 10.4. The average Bonchev–Trinajstić information content (AvgIpc) is 2.96. The Bertz CT molecular complexity index is 1260. The highest BCUT2D eigenvalue weighted by Crippen LogP contribution is 2.34. The maximum Gasteiger partial charge on any atom is 0.425 e. The Kier molecular flexibility index (Phi) is 12.0. The lowest BCUT2D eigenvalue weighted by Crippen LogP contribution is -2.33. The van der Waals surface area contributed by atoms with Crippen molar-refractivity contribution in [2.75, 3.05) is 0 Å². The topological polar surface area (TPSA) is 66.4 Å². The van der Waals surface area contributed by atoms with Crippen LogP contribution in [0.1, 0.15) is 97.9 Å². The number of carbonyl (C=O) groups excluding carboxylic acids is 2. The lowest BCUT2D eigenvalue weighted by molar-refractivity contribution is -0.255. The summed E-state index contributed by atoms with van der Waals surface area (Å²) in [5.74, 6) is -2.38. The first-order chi connectivity index (χ1) is 19.6. The number of aryl methyl sites for hydroxylation is 1. The molecular weight excluding hydrogens is 529 g/mol. The molecule has 220 valence electrons. The Balaban J connectivity index is 1.77. The summed E-state index contributed by atoms with van der Waals surface area (Å²) in [6.45, 7) is 3.80. The first-order valence-corrected chi connectivity index (χ1v) is 14.5. The van der Waals surface area contributed by atoms with Gasteiger partial charge in [0.2, 0.25) is 0 Å². The van der Waals surface area contributed by atoms with E-state index >= 15 is 0 Å². The Morgan fingerprint density at radius 2 is 1.29 bits per heavy atom. The number of aromatic carboxylic acids is 1. The molecule has 3 aromatic carbocycles. The van der Waals surface area contributed by atoms with Crippen molar-refractivity contribution in [3.8, 4) is 22.3 Å². The largest absolute Gasteiger partial charge is 0.545 e. The van der Waals surface area contributed by atoms with Crippen molar-refractivity contribution in [2.45, 2.75) is 90.3 Å². The van der Waals surface area contributed by atoms with Gasteiger partial charge in [-0.1, -0.05) is 107 Å². The van der Waals surface area contributed by atoms with Gasteiger partial charge in [-0.05, 0) is 70.8 Å². The zero-order valence-corrected chi connectivity index (χ0v) is 23.8. The van der Waals surface area contributed by atoms with E-state index in [4.69, 9.17) is 4.74 Å². The van der Waals surface area contributed by atoms with Crippen LogP contribution < -0.4 is 5.11 Å². The van der Waals surface area contributed by atoms with Crippen molar-refractivity contribution in [3.63, 3.8) is 0 Å². The minimum Gasteiger partial charge on any atom is -0.545 e. The number of ether oxygens (including phenoxy) is 1. The molecule has 1 unspecified atom stereocenters. The van der Waals surface area contributed by atoms with Gasteiger partial charge in [-0.3, -0.25) is 0 Å². The molecule has 0 fully saturated rings. The monoisotopic (exact) mass is 567 g/mol. The third-order valence-corrected chi connectivity index (χ3v) is 7.19. The first-order valence-electron chi connectivity index (χ1n) is 14.5. The van der Waals surface area contributed by atoms with Gasteiger partial charge in [0.05, 0.1) is 11.5 Å². The summed E-state index contributed by atoms with van der Waals surface area (Å²) in [5.41, 5.74) is 4.09. The van der Waals surface area contributed by atoms with Crippen LogP contribution in [0, 0.1) is 0 Å². The molecule has 0 spiro atoms. The fourth-order valence-corrected chi connectivity index (χ4v) is 4.83. The molecule has 0 aliphatic heterocycles. The van der Waals surface area contributed by atoms with E-state index in [1.54, 1.807) is 25.1 Å². The maximum absolute atomic E-state index is 13.2. The summed E-state index contributed by atoms with van der Waals surface area (Å²) >= 11 is 0. The number of halogens is 3. The molecule has 3 rings (SSSR count). The molecule has 4 nitrogen and oxygen atoms in total. The number of hydrogen-bond donors (Lipinski definition) is 0. The number of benzene rings is 3. The van der Waals surface area contributed by atoms with Crippen molar-refractivity contribution in [1.82, 2.24) is 0 Å². The molecule has 0 aromatic heterocycles. The SMILES string of the molecule is CCCCCCCCCc1ccc(-c2ccc(C(=O)[O-])cc2-c2ccc(C(=O)OC(CCC)C(F)(F)F)cc2)cc1. The number of carbonyl (C=O) groups is 2. The maximum atomic E-state index is 13.2. The van der Waals surface area contributed by atoms with Gasteiger partial charge in [0.25, 0.3) is 0 Å². The van der Waals surface area contributed by atoms with Gasteiger partial charge < -0.3 is 14.6 Å². The number of rotatable bonds is 15. The Morgan fingerprint density at radius 3 is 1.88 bits per heavy atom. The predicted octanol–water partition coefficient (Wildman–Crippen LogP) is 8.57. The second-order valence-electron chi connectivity index (χ2n) is 10.4. The third kappa shape index (κ3) is 9.48. The highest BCUT2D eigenvalue weighted by molar-refractivity contribution is 5.94. The summed E-state index contributed by atoms with van der Waals surface area (Å²) in [5, 5.41) is 11.6. The zero-order chi connectivity index (χ0) is 29.8. The van der Waals surface area contributed by atoms with Gasteiger partial charge >= 0.3 is 12.1 Å². The molecule has 0 amide bonds. The van der Waals surface area contributed by atoms with Crippen LogP contribution in [0.5, 0.6) is 0 Å². The van der Waals surface area contributed by atoms with Crippen molar-refractivity contribution in [2.24, 2.45) is 0 Å². The number of alkyl halides is 3. The number of hydrogen-bond acceptors (Lipinski definition) is 4. The molecule has 0 heterocycles. The standard InChI is InChI=1S/C34H39F3O4/c1-3-5-6-7-8-9-10-12-24-13-15-25(16-14-24)29-22-21-28(32(38)39)23-30(29)26-17-19-27(20-18-26)33(40)41-31(11-4-2)34(35,36)37/h13-23,31H,3-12H2,1-2H3,(H,38,39)/p-1. The summed E-state index contributed by atoms with van der Waals surface area (Å²) in [6, 6.07) is 18.8. The molecular formula is C34H38F3O4-. The molecule has 1 atom stereocenters. The van der Waals surface area contributed by atoms with Crippen molar-refractivity contribution < 1.29 is 32.6 Å². The Hall–Kier alpha value is -3.61. The van der Waals surface area contributed by atoms with E-state index in [1.807, 2.05) is 12.1 Å². The second kappa shape index (κ2) is 15.4. The molecule has 0 N–H and O–H groups in total. The molecule has 0 saturated heterocycles. The lowest BCUT2D eigenvalue weighted by Gasteiger charge is -2.20. The quantitative estimate of drug-likeness (QED) is 0.136. The molecule has 0 radical (unpaired) electrons. The summed E-state index contributed by atoms with van der Waals surface area (Å²) in [4.78, 5) is 24.0. The third-order valence-electron chi connectivity index (χ3n) is 7.19. The highest BCUT2D eigenvalue weighted by Gasteiger charge is 2.42. The fourth-order valence-electron chi connectivity index (χ4n) is 4.83. The molecule has 41 heavy (non-hydrogen) atoms. The minimum atomic E-state index is -4.64. The highest BCUT2D eigenvalue weighted by atomic mass is 19.4. The van der Waals surface area contributed by atoms with Gasteiger partial charge in [0.15, 0.2) is 6.10 Å². The lowest BCUT2D eigenvalue weighted by atomic mass is 9.91.